The van der Waals surface area contributed by atoms with Crippen molar-refractivity contribution in [2.24, 2.45) is 5.10 Å². The van der Waals surface area contributed by atoms with Gasteiger partial charge in [-0.15, -0.1) is 0 Å². The first-order chi connectivity index (χ1) is 12.8. The summed E-state index contributed by atoms with van der Waals surface area (Å²) < 4.78 is 5.52. The van der Waals surface area contributed by atoms with Crippen LogP contribution in [0.25, 0.3) is 21.7 Å². The third-order valence-electron chi connectivity index (χ3n) is 4.37. The van der Waals surface area contributed by atoms with Crippen LogP contribution >= 0.6 is 0 Å². The average Bonchev–Trinajstić information content (AvgIpc) is 2.67. The van der Waals surface area contributed by atoms with Gasteiger partial charge in [0, 0.05) is 16.6 Å². The molecule has 0 saturated carbocycles. The highest BCUT2D eigenvalue weighted by molar-refractivity contribution is 6.03. The number of methoxy groups -OCH3 is 1. The van der Waals surface area contributed by atoms with Gasteiger partial charge in [0.15, 0.2) is 0 Å². The van der Waals surface area contributed by atoms with Crippen molar-refractivity contribution < 1.29 is 4.74 Å². The Hall–Kier alpha value is -3.40. The van der Waals surface area contributed by atoms with E-state index in [0.29, 0.717) is 0 Å². The van der Waals surface area contributed by atoms with Gasteiger partial charge in [-0.2, -0.15) is 5.10 Å². The van der Waals surface area contributed by atoms with E-state index in [1.807, 2.05) is 61.7 Å². The highest BCUT2D eigenvalue weighted by Gasteiger charge is 2.06. The molecule has 0 aliphatic carbocycles. The number of para-hydroxylation sites is 1. The smallest absolute Gasteiger partial charge is 0.128 e. The molecule has 1 N–H and O–H groups in total. The number of fused-ring (bicyclic) bond motifs is 2. The van der Waals surface area contributed by atoms with Crippen LogP contribution in [-0.2, 0) is 0 Å². The summed E-state index contributed by atoms with van der Waals surface area (Å²) in [5, 5.41) is 7.78. The number of hydrazone groups is 1. The maximum Gasteiger partial charge on any atom is 0.128 e. The summed E-state index contributed by atoms with van der Waals surface area (Å²) in [6, 6.07) is 22.3. The predicted molar refractivity (Wildman–Crippen MR) is 108 cm³/mol. The molecule has 4 nitrogen and oxygen atoms in total. The van der Waals surface area contributed by atoms with Crippen molar-refractivity contribution >= 4 is 33.6 Å². The second-order valence-corrected chi connectivity index (χ2v) is 6.10. The van der Waals surface area contributed by atoms with Gasteiger partial charge in [-0.1, -0.05) is 48.5 Å². The number of hydrogen-bond donors (Lipinski definition) is 1. The lowest BCUT2D eigenvalue weighted by molar-refractivity contribution is 0.415. The SMILES string of the molecule is COc1ccc2ccccc2c1/C=N/Nc1cc(C)nc2ccccc12. The highest BCUT2D eigenvalue weighted by atomic mass is 16.5. The summed E-state index contributed by atoms with van der Waals surface area (Å²) in [5.41, 5.74) is 6.95. The number of ether oxygens (including phenoxy) is 1. The van der Waals surface area contributed by atoms with Gasteiger partial charge in [-0.05, 0) is 35.9 Å². The van der Waals surface area contributed by atoms with Crippen LogP contribution in [0.2, 0.25) is 0 Å². The van der Waals surface area contributed by atoms with Crippen LogP contribution < -0.4 is 10.2 Å². The Bertz CT molecular complexity index is 1120. The summed E-state index contributed by atoms with van der Waals surface area (Å²) in [6.45, 7) is 1.98. The van der Waals surface area contributed by atoms with Crippen LogP contribution in [0, 0.1) is 6.92 Å². The van der Waals surface area contributed by atoms with Crippen LogP contribution in [0.4, 0.5) is 5.69 Å². The average molecular weight is 341 g/mol. The molecule has 0 saturated heterocycles. The van der Waals surface area contributed by atoms with E-state index in [0.717, 1.165) is 44.4 Å². The molecule has 1 aromatic heterocycles. The minimum Gasteiger partial charge on any atom is -0.496 e. The minimum atomic E-state index is 0.796. The monoisotopic (exact) mass is 341 g/mol. The molecule has 0 fully saturated rings. The largest absolute Gasteiger partial charge is 0.496 e. The fourth-order valence-corrected chi connectivity index (χ4v) is 3.15. The molecule has 128 valence electrons. The fourth-order valence-electron chi connectivity index (χ4n) is 3.15. The van der Waals surface area contributed by atoms with E-state index < -0.39 is 0 Å². The van der Waals surface area contributed by atoms with Crippen LogP contribution in [0.1, 0.15) is 11.3 Å². The second-order valence-electron chi connectivity index (χ2n) is 6.10. The third kappa shape index (κ3) is 2.97. The van der Waals surface area contributed by atoms with Crippen molar-refractivity contribution in [3.8, 4) is 5.75 Å². The van der Waals surface area contributed by atoms with E-state index in [1.54, 1.807) is 7.11 Å². The predicted octanol–water partition coefficient (Wildman–Crippen LogP) is 5.15. The molecule has 3 aromatic carbocycles. The topological polar surface area (TPSA) is 46.5 Å². The summed E-state index contributed by atoms with van der Waals surface area (Å²) in [5.74, 6) is 0.796. The lowest BCUT2D eigenvalue weighted by Crippen LogP contribution is -1.97. The van der Waals surface area contributed by atoms with E-state index in [9.17, 15) is 0 Å². The number of nitrogens with zero attached hydrogens (tertiary/aromatic N) is 2. The van der Waals surface area contributed by atoms with Gasteiger partial charge in [-0.3, -0.25) is 10.4 Å². The number of rotatable bonds is 4. The Labute approximate surface area is 152 Å². The minimum absolute atomic E-state index is 0.796. The Kier molecular flexibility index (Phi) is 4.23. The van der Waals surface area contributed by atoms with Gasteiger partial charge >= 0.3 is 0 Å². The van der Waals surface area contributed by atoms with Crippen LogP contribution in [0.5, 0.6) is 5.75 Å². The zero-order chi connectivity index (χ0) is 17.9. The number of hydrogen-bond acceptors (Lipinski definition) is 4. The van der Waals surface area contributed by atoms with Crippen molar-refractivity contribution in [1.82, 2.24) is 4.98 Å². The molecule has 4 aromatic rings. The van der Waals surface area contributed by atoms with E-state index >= 15 is 0 Å². The molecule has 0 amide bonds. The number of pyridine rings is 1. The standard InChI is InChI=1S/C22H19N3O/c1-15-13-21(18-9-5-6-10-20(18)24-15)25-23-14-19-17-8-4-3-7-16(17)11-12-22(19)26-2/h3-14H,1-2H3,(H,24,25)/b23-14+. The molecule has 4 rings (SSSR count). The Morgan fingerprint density at radius 3 is 2.58 bits per heavy atom. The fraction of sp³-hybridized carbons (Fsp3) is 0.0909. The van der Waals surface area contributed by atoms with Crippen LogP contribution in [-0.4, -0.2) is 18.3 Å². The summed E-state index contributed by atoms with van der Waals surface area (Å²) in [6.07, 6.45) is 1.81. The Morgan fingerprint density at radius 1 is 0.962 bits per heavy atom. The van der Waals surface area contributed by atoms with Crippen molar-refractivity contribution in [3.63, 3.8) is 0 Å². The second kappa shape index (κ2) is 6.84. The molecule has 0 spiro atoms. The lowest BCUT2D eigenvalue weighted by atomic mass is 10.0. The molecule has 0 unspecified atom stereocenters. The molecule has 1 heterocycles. The highest BCUT2D eigenvalue weighted by Crippen LogP contribution is 2.27. The normalized spacial score (nSPS) is 11.3. The van der Waals surface area contributed by atoms with Gasteiger partial charge < -0.3 is 4.74 Å². The molecule has 0 bridgehead atoms. The Balaban J connectivity index is 1.73. The first kappa shape index (κ1) is 16.1. The zero-order valence-corrected chi connectivity index (χ0v) is 14.7. The molecule has 0 atom stereocenters. The third-order valence-corrected chi connectivity index (χ3v) is 4.37. The van der Waals surface area contributed by atoms with Gasteiger partial charge in [0.05, 0.1) is 24.5 Å². The van der Waals surface area contributed by atoms with Gasteiger partial charge in [0.2, 0.25) is 0 Å². The summed E-state index contributed by atoms with van der Waals surface area (Å²) in [4.78, 5) is 4.56. The van der Waals surface area contributed by atoms with E-state index in [-0.39, 0.29) is 0 Å². The van der Waals surface area contributed by atoms with Crippen molar-refractivity contribution in [3.05, 3.63) is 78.0 Å². The summed E-state index contributed by atoms with van der Waals surface area (Å²) in [7, 11) is 1.68. The molecule has 0 radical (unpaired) electrons. The Morgan fingerprint density at radius 2 is 1.73 bits per heavy atom. The quantitative estimate of drug-likeness (QED) is 0.412. The number of aryl methyl sites for hydroxylation is 1. The number of anilines is 1. The lowest BCUT2D eigenvalue weighted by Gasteiger charge is -2.09. The van der Waals surface area contributed by atoms with Crippen LogP contribution in [0.3, 0.4) is 0 Å². The number of aromatic nitrogens is 1. The molecular weight excluding hydrogens is 322 g/mol. The van der Waals surface area contributed by atoms with E-state index in [1.165, 1.54) is 0 Å². The molecule has 4 heteroatoms. The molecule has 0 aliphatic heterocycles. The van der Waals surface area contributed by atoms with E-state index in [2.05, 4.69) is 33.7 Å². The first-order valence-corrected chi connectivity index (χ1v) is 8.47. The van der Waals surface area contributed by atoms with Gasteiger partial charge in [0.1, 0.15) is 5.75 Å². The maximum atomic E-state index is 5.52. The van der Waals surface area contributed by atoms with E-state index in [4.69, 9.17) is 4.74 Å². The van der Waals surface area contributed by atoms with Crippen molar-refractivity contribution in [2.75, 3.05) is 12.5 Å². The number of nitrogens with one attached hydrogen (secondary N) is 1. The first-order valence-electron chi connectivity index (χ1n) is 8.47. The van der Waals surface area contributed by atoms with Crippen molar-refractivity contribution in [2.45, 2.75) is 6.92 Å². The van der Waals surface area contributed by atoms with Crippen LogP contribution in [0.15, 0.2) is 71.8 Å². The number of benzene rings is 3. The summed E-state index contributed by atoms with van der Waals surface area (Å²) >= 11 is 0. The molecule has 26 heavy (non-hydrogen) atoms. The molecular formula is C22H19N3O. The zero-order valence-electron chi connectivity index (χ0n) is 14.7. The van der Waals surface area contributed by atoms with Gasteiger partial charge in [0.25, 0.3) is 0 Å². The molecule has 0 aliphatic rings. The maximum absolute atomic E-state index is 5.52. The van der Waals surface area contributed by atoms with Crippen molar-refractivity contribution in [1.29, 1.82) is 0 Å². The van der Waals surface area contributed by atoms with Gasteiger partial charge in [-0.25, -0.2) is 0 Å².